The number of ether oxygens (including phenoxy) is 2. The zero-order valence-electron chi connectivity index (χ0n) is 10.3. The van der Waals surface area contributed by atoms with Crippen molar-refractivity contribution < 1.29 is 9.47 Å². The number of rotatable bonds is 3. The fraction of sp³-hybridized carbons (Fsp3) is 0.167. The van der Waals surface area contributed by atoms with E-state index in [1.165, 1.54) is 14.2 Å². The lowest BCUT2D eigenvalue weighted by molar-refractivity contribution is 0.380. The van der Waals surface area contributed by atoms with Crippen LogP contribution in [0.15, 0.2) is 18.2 Å². The molecule has 0 aliphatic heterocycles. The van der Waals surface area contributed by atoms with Crippen LogP contribution in [0.5, 0.6) is 11.8 Å². The SMILES string of the molecule is COc1nc(-c2ccc(Cl)cc2Cl)c(OC)nc1N. The molecule has 1 aromatic heterocycles. The van der Waals surface area contributed by atoms with Crippen LogP contribution in [0.1, 0.15) is 0 Å². The molecule has 0 radical (unpaired) electrons. The Balaban J connectivity index is 2.66. The van der Waals surface area contributed by atoms with Crippen LogP contribution in [-0.4, -0.2) is 24.2 Å². The van der Waals surface area contributed by atoms with Crippen LogP contribution in [0, 0.1) is 0 Å². The highest BCUT2D eigenvalue weighted by atomic mass is 35.5. The van der Waals surface area contributed by atoms with Crippen LogP contribution < -0.4 is 15.2 Å². The Kier molecular flexibility index (Phi) is 3.97. The number of benzene rings is 1. The minimum atomic E-state index is 0.146. The molecular formula is C12H11Cl2N3O2. The molecule has 0 aliphatic carbocycles. The summed E-state index contributed by atoms with van der Waals surface area (Å²) in [6.07, 6.45) is 0. The monoisotopic (exact) mass is 299 g/mol. The van der Waals surface area contributed by atoms with E-state index in [4.69, 9.17) is 38.4 Å². The maximum atomic E-state index is 6.15. The number of nitrogens with zero attached hydrogens (tertiary/aromatic N) is 2. The molecule has 0 bridgehead atoms. The molecule has 2 N–H and O–H groups in total. The minimum absolute atomic E-state index is 0.146. The van der Waals surface area contributed by atoms with Crippen molar-refractivity contribution in [2.24, 2.45) is 0 Å². The molecule has 0 fully saturated rings. The van der Waals surface area contributed by atoms with Gasteiger partial charge in [0.15, 0.2) is 5.82 Å². The van der Waals surface area contributed by atoms with Gasteiger partial charge in [-0.3, -0.25) is 0 Å². The summed E-state index contributed by atoms with van der Waals surface area (Å²) < 4.78 is 10.2. The molecule has 100 valence electrons. The van der Waals surface area contributed by atoms with Crippen molar-refractivity contribution in [1.29, 1.82) is 0 Å². The highest BCUT2D eigenvalue weighted by Crippen LogP contribution is 2.36. The van der Waals surface area contributed by atoms with Crippen molar-refractivity contribution in [2.45, 2.75) is 0 Å². The van der Waals surface area contributed by atoms with Gasteiger partial charge < -0.3 is 15.2 Å². The Morgan fingerprint density at radius 3 is 2.32 bits per heavy atom. The van der Waals surface area contributed by atoms with Crippen LogP contribution in [0.4, 0.5) is 5.82 Å². The Hall–Kier alpha value is -1.72. The highest BCUT2D eigenvalue weighted by molar-refractivity contribution is 6.36. The Morgan fingerprint density at radius 2 is 1.74 bits per heavy atom. The fourth-order valence-electron chi connectivity index (χ4n) is 1.57. The van der Waals surface area contributed by atoms with Gasteiger partial charge in [0.05, 0.1) is 19.2 Å². The summed E-state index contributed by atoms with van der Waals surface area (Å²) in [4.78, 5) is 8.34. The molecule has 19 heavy (non-hydrogen) atoms. The number of nitrogens with two attached hydrogens (primary N) is 1. The number of methoxy groups -OCH3 is 2. The molecule has 0 aliphatic rings. The average Bonchev–Trinajstić information content (AvgIpc) is 2.39. The van der Waals surface area contributed by atoms with Crippen molar-refractivity contribution in [3.63, 3.8) is 0 Å². The van der Waals surface area contributed by atoms with Crippen molar-refractivity contribution in [3.8, 4) is 23.0 Å². The fourth-order valence-corrected chi connectivity index (χ4v) is 2.06. The smallest absolute Gasteiger partial charge is 0.257 e. The van der Waals surface area contributed by atoms with E-state index in [1.54, 1.807) is 18.2 Å². The first kappa shape index (κ1) is 13.7. The van der Waals surface area contributed by atoms with Crippen molar-refractivity contribution in [2.75, 3.05) is 20.0 Å². The third kappa shape index (κ3) is 2.67. The summed E-state index contributed by atoms with van der Waals surface area (Å²) in [7, 11) is 2.93. The summed E-state index contributed by atoms with van der Waals surface area (Å²) in [5.74, 6) is 0.623. The zero-order valence-corrected chi connectivity index (χ0v) is 11.8. The van der Waals surface area contributed by atoms with Gasteiger partial charge in [0.1, 0.15) is 5.69 Å². The normalized spacial score (nSPS) is 10.3. The molecule has 1 heterocycles. The molecule has 2 rings (SSSR count). The van der Waals surface area contributed by atoms with E-state index in [1.807, 2.05) is 0 Å². The first-order valence-corrected chi connectivity index (χ1v) is 6.03. The molecule has 2 aromatic rings. The lowest BCUT2D eigenvalue weighted by Gasteiger charge is -2.11. The van der Waals surface area contributed by atoms with E-state index in [9.17, 15) is 0 Å². The van der Waals surface area contributed by atoms with Gasteiger partial charge in [-0.05, 0) is 18.2 Å². The van der Waals surface area contributed by atoms with Crippen LogP contribution in [-0.2, 0) is 0 Å². The number of halogens is 2. The van der Waals surface area contributed by atoms with Gasteiger partial charge in [-0.15, -0.1) is 0 Å². The molecule has 7 heteroatoms. The van der Waals surface area contributed by atoms with Gasteiger partial charge >= 0.3 is 0 Å². The van der Waals surface area contributed by atoms with E-state index in [0.29, 0.717) is 21.3 Å². The number of hydrogen-bond donors (Lipinski definition) is 1. The molecule has 0 amide bonds. The Morgan fingerprint density at radius 1 is 1.05 bits per heavy atom. The average molecular weight is 300 g/mol. The summed E-state index contributed by atoms with van der Waals surface area (Å²) >= 11 is 12.0. The highest BCUT2D eigenvalue weighted by Gasteiger charge is 2.17. The summed E-state index contributed by atoms with van der Waals surface area (Å²) in [6.45, 7) is 0. The van der Waals surface area contributed by atoms with Crippen molar-refractivity contribution in [1.82, 2.24) is 9.97 Å². The van der Waals surface area contributed by atoms with E-state index < -0.39 is 0 Å². The molecule has 5 nitrogen and oxygen atoms in total. The largest absolute Gasteiger partial charge is 0.479 e. The molecule has 0 saturated heterocycles. The molecule has 0 atom stereocenters. The van der Waals surface area contributed by atoms with Gasteiger partial charge in [0.25, 0.3) is 5.88 Å². The second-order valence-electron chi connectivity index (χ2n) is 3.60. The molecule has 0 spiro atoms. The van der Waals surface area contributed by atoms with Crippen LogP contribution >= 0.6 is 23.2 Å². The number of nitrogen functional groups attached to an aromatic ring is 1. The van der Waals surface area contributed by atoms with Gasteiger partial charge in [0, 0.05) is 10.6 Å². The van der Waals surface area contributed by atoms with Crippen LogP contribution in [0.3, 0.4) is 0 Å². The first-order valence-electron chi connectivity index (χ1n) is 5.27. The molecular weight excluding hydrogens is 289 g/mol. The first-order chi connectivity index (χ1) is 9.06. The van der Waals surface area contributed by atoms with Gasteiger partial charge in [-0.25, -0.2) is 4.98 Å². The number of hydrogen-bond acceptors (Lipinski definition) is 5. The van der Waals surface area contributed by atoms with E-state index in [-0.39, 0.29) is 17.6 Å². The lowest BCUT2D eigenvalue weighted by Crippen LogP contribution is -2.03. The van der Waals surface area contributed by atoms with Gasteiger partial charge in [-0.2, -0.15) is 4.98 Å². The van der Waals surface area contributed by atoms with Crippen molar-refractivity contribution in [3.05, 3.63) is 28.2 Å². The molecule has 1 aromatic carbocycles. The molecule has 0 saturated carbocycles. The van der Waals surface area contributed by atoms with Crippen molar-refractivity contribution >= 4 is 29.0 Å². The van der Waals surface area contributed by atoms with E-state index >= 15 is 0 Å². The minimum Gasteiger partial charge on any atom is -0.479 e. The second-order valence-corrected chi connectivity index (χ2v) is 4.44. The standard InChI is InChI=1S/C12H11Cl2N3O2/c1-18-11-9(16-12(19-2)10(15)17-11)7-4-3-6(13)5-8(7)14/h3-5H,1-2H3,(H2,15,17). The topological polar surface area (TPSA) is 70.3 Å². The summed E-state index contributed by atoms with van der Waals surface area (Å²) in [5.41, 5.74) is 6.76. The van der Waals surface area contributed by atoms with Gasteiger partial charge in [-0.1, -0.05) is 23.2 Å². The maximum Gasteiger partial charge on any atom is 0.257 e. The summed E-state index contributed by atoms with van der Waals surface area (Å²) in [6, 6.07) is 5.04. The summed E-state index contributed by atoms with van der Waals surface area (Å²) in [5, 5.41) is 0.968. The third-order valence-electron chi connectivity index (χ3n) is 2.43. The van der Waals surface area contributed by atoms with Gasteiger partial charge in [0.2, 0.25) is 5.88 Å². The van der Waals surface area contributed by atoms with Crippen LogP contribution in [0.25, 0.3) is 11.3 Å². The lowest BCUT2D eigenvalue weighted by atomic mass is 10.1. The second kappa shape index (κ2) is 5.50. The quantitative estimate of drug-likeness (QED) is 0.943. The van der Waals surface area contributed by atoms with E-state index in [2.05, 4.69) is 9.97 Å². The van der Waals surface area contributed by atoms with Crippen LogP contribution in [0.2, 0.25) is 10.0 Å². The number of aromatic nitrogens is 2. The predicted octanol–water partition coefficient (Wildman–Crippen LogP) is 3.05. The number of anilines is 1. The maximum absolute atomic E-state index is 6.15. The Bertz CT molecular complexity index is 620. The van der Waals surface area contributed by atoms with E-state index in [0.717, 1.165) is 0 Å². The molecule has 0 unspecified atom stereocenters. The Labute approximate surface area is 120 Å². The predicted molar refractivity (Wildman–Crippen MR) is 75.0 cm³/mol. The zero-order chi connectivity index (χ0) is 14.0. The third-order valence-corrected chi connectivity index (χ3v) is 2.98.